The molecular formula is C18H23NO. The van der Waals surface area contributed by atoms with Crippen LogP contribution in [0.5, 0.6) is 5.75 Å². The molecule has 0 radical (unpaired) electrons. The van der Waals surface area contributed by atoms with Crippen molar-refractivity contribution in [1.82, 2.24) is 5.32 Å². The number of hydrogen-bond acceptors (Lipinski definition) is 2. The van der Waals surface area contributed by atoms with Gasteiger partial charge in [0.25, 0.3) is 0 Å². The first-order valence-electron chi connectivity index (χ1n) is 7.03. The van der Waals surface area contributed by atoms with Crippen LogP contribution in [0.25, 0.3) is 0 Å². The van der Waals surface area contributed by atoms with E-state index in [2.05, 4.69) is 56.4 Å². The Morgan fingerprint density at radius 2 is 1.75 bits per heavy atom. The predicted molar refractivity (Wildman–Crippen MR) is 84.2 cm³/mol. The van der Waals surface area contributed by atoms with Crippen LogP contribution in [0, 0.1) is 13.8 Å². The molecule has 0 aliphatic heterocycles. The molecular weight excluding hydrogens is 246 g/mol. The Bertz CT molecular complexity index is 560. The number of methoxy groups -OCH3 is 1. The molecule has 0 heterocycles. The quantitative estimate of drug-likeness (QED) is 0.880. The molecule has 2 aromatic rings. The topological polar surface area (TPSA) is 21.3 Å². The molecule has 0 saturated heterocycles. The van der Waals surface area contributed by atoms with Crippen LogP contribution in [-0.4, -0.2) is 7.11 Å². The van der Waals surface area contributed by atoms with Gasteiger partial charge >= 0.3 is 0 Å². The van der Waals surface area contributed by atoms with Crippen LogP contribution >= 0.6 is 0 Å². The Morgan fingerprint density at radius 3 is 2.35 bits per heavy atom. The van der Waals surface area contributed by atoms with E-state index in [0.717, 1.165) is 12.3 Å². The Kier molecular flexibility index (Phi) is 4.80. The lowest BCUT2D eigenvalue weighted by molar-refractivity contribution is 0.414. The lowest BCUT2D eigenvalue weighted by Crippen LogP contribution is -2.18. The number of ether oxygens (including phenoxy) is 1. The highest BCUT2D eigenvalue weighted by Gasteiger charge is 2.06. The van der Waals surface area contributed by atoms with Gasteiger partial charge < -0.3 is 10.1 Å². The van der Waals surface area contributed by atoms with E-state index in [1.54, 1.807) is 7.11 Å². The highest BCUT2D eigenvalue weighted by atomic mass is 16.5. The first-order chi connectivity index (χ1) is 9.60. The van der Waals surface area contributed by atoms with Crippen molar-refractivity contribution in [1.29, 1.82) is 0 Å². The van der Waals surface area contributed by atoms with Crippen molar-refractivity contribution in [3.8, 4) is 5.75 Å². The molecule has 0 amide bonds. The number of nitrogens with one attached hydrogen (secondary N) is 1. The maximum absolute atomic E-state index is 5.18. The summed E-state index contributed by atoms with van der Waals surface area (Å²) >= 11 is 0. The molecule has 2 rings (SSSR count). The van der Waals surface area contributed by atoms with Gasteiger partial charge in [0.15, 0.2) is 0 Å². The van der Waals surface area contributed by atoms with Crippen LogP contribution in [0.4, 0.5) is 0 Å². The van der Waals surface area contributed by atoms with Gasteiger partial charge in [0, 0.05) is 12.6 Å². The van der Waals surface area contributed by atoms with Gasteiger partial charge in [-0.15, -0.1) is 0 Å². The third-order valence-electron chi connectivity index (χ3n) is 3.71. The summed E-state index contributed by atoms with van der Waals surface area (Å²) in [5, 5.41) is 3.57. The van der Waals surface area contributed by atoms with Gasteiger partial charge in [-0.2, -0.15) is 0 Å². The molecule has 0 fully saturated rings. The van der Waals surface area contributed by atoms with Crippen LogP contribution < -0.4 is 10.1 Å². The highest BCUT2D eigenvalue weighted by Crippen LogP contribution is 2.18. The second kappa shape index (κ2) is 6.58. The predicted octanol–water partition coefficient (Wildman–Crippen LogP) is 4.16. The number of benzene rings is 2. The van der Waals surface area contributed by atoms with Crippen molar-refractivity contribution >= 4 is 0 Å². The molecule has 2 nitrogen and oxygen atoms in total. The van der Waals surface area contributed by atoms with Crippen molar-refractivity contribution in [2.75, 3.05) is 7.11 Å². The molecule has 106 valence electrons. The third-order valence-corrected chi connectivity index (χ3v) is 3.71. The minimum Gasteiger partial charge on any atom is -0.497 e. The fraction of sp³-hybridized carbons (Fsp3) is 0.333. The summed E-state index contributed by atoms with van der Waals surface area (Å²) in [5.74, 6) is 0.898. The SMILES string of the molecule is COc1ccc([C@@H](C)NCc2ccc(C)cc2C)cc1. The van der Waals surface area contributed by atoms with E-state index in [-0.39, 0.29) is 0 Å². The van der Waals surface area contributed by atoms with Crippen LogP contribution in [0.2, 0.25) is 0 Å². The van der Waals surface area contributed by atoms with Gasteiger partial charge in [0.2, 0.25) is 0 Å². The molecule has 2 heteroatoms. The van der Waals surface area contributed by atoms with Crippen LogP contribution in [0.1, 0.15) is 35.2 Å². The monoisotopic (exact) mass is 269 g/mol. The molecule has 0 bridgehead atoms. The largest absolute Gasteiger partial charge is 0.497 e. The maximum atomic E-state index is 5.18. The van der Waals surface area contributed by atoms with Crippen molar-refractivity contribution in [3.63, 3.8) is 0 Å². The normalized spacial score (nSPS) is 12.2. The van der Waals surface area contributed by atoms with Gasteiger partial charge in [-0.1, -0.05) is 35.9 Å². The van der Waals surface area contributed by atoms with E-state index < -0.39 is 0 Å². The Morgan fingerprint density at radius 1 is 1.05 bits per heavy atom. The number of aryl methyl sites for hydroxylation is 2. The first-order valence-corrected chi connectivity index (χ1v) is 7.03. The first kappa shape index (κ1) is 14.6. The minimum atomic E-state index is 0.321. The maximum Gasteiger partial charge on any atom is 0.118 e. The highest BCUT2D eigenvalue weighted by molar-refractivity contribution is 5.31. The van der Waals surface area contributed by atoms with E-state index in [4.69, 9.17) is 4.74 Å². The van der Waals surface area contributed by atoms with E-state index in [0.29, 0.717) is 6.04 Å². The van der Waals surface area contributed by atoms with Gasteiger partial charge in [0.05, 0.1) is 7.11 Å². The van der Waals surface area contributed by atoms with Crippen LogP contribution in [0.3, 0.4) is 0 Å². The van der Waals surface area contributed by atoms with E-state index in [9.17, 15) is 0 Å². The van der Waals surface area contributed by atoms with Crippen molar-refractivity contribution in [3.05, 3.63) is 64.7 Å². The summed E-state index contributed by atoms with van der Waals surface area (Å²) in [7, 11) is 1.69. The van der Waals surface area contributed by atoms with Crippen LogP contribution in [-0.2, 0) is 6.54 Å². The molecule has 1 N–H and O–H groups in total. The summed E-state index contributed by atoms with van der Waals surface area (Å²) in [6, 6.07) is 15.2. The molecule has 0 aliphatic carbocycles. The van der Waals surface area contributed by atoms with E-state index in [1.807, 2.05) is 12.1 Å². The fourth-order valence-corrected chi connectivity index (χ4v) is 2.32. The zero-order valence-corrected chi connectivity index (χ0v) is 12.7. The molecule has 0 unspecified atom stereocenters. The van der Waals surface area contributed by atoms with Crippen molar-refractivity contribution in [2.45, 2.75) is 33.4 Å². The third kappa shape index (κ3) is 3.61. The average molecular weight is 269 g/mol. The second-order valence-corrected chi connectivity index (χ2v) is 5.31. The van der Waals surface area contributed by atoms with Crippen molar-refractivity contribution in [2.24, 2.45) is 0 Å². The number of hydrogen-bond donors (Lipinski definition) is 1. The molecule has 20 heavy (non-hydrogen) atoms. The molecule has 0 saturated carbocycles. The van der Waals surface area contributed by atoms with E-state index >= 15 is 0 Å². The van der Waals surface area contributed by atoms with Gasteiger partial charge in [-0.3, -0.25) is 0 Å². The van der Waals surface area contributed by atoms with Gasteiger partial charge in [-0.25, -0.2) is 0 Å². The summed E-state index contributed by atoms with van der Waals surface area (Å²) in [6.45, 7) is 7.37. The lowest BCUT2D eigenvalue weighted by atomic mass is 10.0. The summed E-state index contributed by atoms with van der Waals surface area (Å²) in [4.78, 5) is 0. The Balaban J connectivity index is 1.98. The Labute approximate surface area is 121 Å². The smallest absolute Gasteiger partial charge is 0.118 e. The summed E-state index contributed by atoms with van der Waals surface area (Å²) in [5.41, 5.74) is 5.29. The van der Waals surface area contributed by atoms with Crippen molar-refractivity contribution < 1.29 is 4.74 Å². The molecule has 0 spiro atoms. The second-order valence-electron chi connectivity index (χ2n) is 5.31. The van der Waals surface area contributed by atoms with Crippen LogP contribution in [0.15, 0.2) is 42.5 Å². The fourth-order valence-electron chi connectivity index (χ4n) is 2.32. The zero-order valence-electron chi connectivity index (χ0n) is 12.7. The molecule has 0 aliphatic rings. The Hall–Kier alpha value is -1.80. The van der Waals surface area contributed by atoms with Gasteiger partial charge in [-0.05, 0) is 49.6 Å². The summed E-state index contributed by atoms with van der Waals surface area (Å²) < 4.78 is 5.18. The average Bonchev–Trinajstić information content (AvgIpc) is 2.46. The molecule has 1 atom stereocenters. The lowest BCUT2D eigenvalue weighted by Gasteiger charge is -2.16. The van der Waals surface area contributed by atoms with E-state index in [1.165, 1.54) is 22.3 Å². The zero-order chi connectivity index (χ0) is 14.5. The minimum absolute atomic E-state index is 0.321. The molecule has 2 aromatic carbocycles. The summed E-state index contributed by atoms with van der Waals surface area (Å²) in [6.07, 6.45) is 0. The number of rotatable bonds is 5. The standard InChI is InChI=1S/C18H23NO/c1-13-5-6-17(14(2)11-13)12-19-15(3)16-7-9-18(20-4)10-8-16/h5-11,15,19H,12H2,1-4H3/t15-/m1/s1. The van der Waals surface area contributed by atoms with Gasteiger partial charge in [0.1, 0.15) is 5.75 Å². The molecule has 0 aromatic heterocycles.